The van der Waals surface area contributed by atoms with E-state index in [9.17, 15) is 29.7 Å². The number of carbonyl (C=O) groups excluding carboxylic acids is 2. The number of oxime groups is 1. The number of aromatic nitrogens is 1. The van der Waals surface area contributed by atoms with Crippen molar-refractivity contribution in [2.45, 2.75) is 44.5 Å². The van der Waals surface area contributed by atoms with Crippen LogP contribution in [-0.2, 0) is 32.3 Å². The van der Waals surface area contributed by atoms with Crippen LogP contribution in [0.1, 0.15) is 30.7 Å². The third kappa shape index (κ3) is 5.07. The highest BCUT2D eigenvalue weighted by molar-refractivity contribution is 8.00. The number of phenolic OH excluding ortho intramolecular Hbond substituents is 2. The van der Waals surface area contributed by atoms with E-state index in [-0.39, 0.29) is 39.8 Å². The first-order valence-corrected chi connectivity index (χ1v) is 14.3. The number of amides is 2. The molecule has 40 heavy (non-hydrogen) atoms. The Labute approximate surface area is 237 Å². The fraction of sp³-hybridized carbons (Fsp3) is 0.400. The first-order chi connectivity index (χ1) is 18.9. The highest BCUT2D eigenvalue weighted by Gasteiger charge is 2.55. The van der Waals surface area contributed by atoms with Gasteiger partial charge in [-0.05, 0) is 26.0 Å². The molecule has 3 aliphatic heterocycles. The molecular weight excluding hydrogens is 560 g/mol. The topological polar surface area (TPSA) is 188 Å². The lowest BCUT2D eigenvalue weighted by atomic mass is 10.0. The van der Waals surface area contributed by atoms with E-state index in [0.29, 0.717) is 35.4 Å². The Kier molecular flexibility index (Phi) is 7.14. The summed E-state index contributed by atoms with van der Waals surface area (Å²) in [6.45, 7) is 4.90. The first-order valence-electron chi connectivity index (χ1n) is 12.4. The number of nitrogens with one attached hydrogen (secondary N) is 1. The van der Waals surface area contributed by atoms with Crippen molar-refractivity contribution in [3.8, 4) is 11.5 Å². The Morgan fingerprint density at radius 3 is 2.48 bits per heavy atom. The molecule has 0 radical (unpaired) electrons. The number of likely N-dealkylation sites (N-methyl/N-ethyl adjacent to an activating group) is 1. The van der Waals surface area contributed by atoms with Crippen molar-refractivity contribution >= 4 is 51.7 Å². The molecule has 6 N–H and O–H groups in total. The van der Waals surface area contributed by atoms with Crippen LogP contribution in [0.5, 0.6) is 11.5 Å². The van der Waals surface area contributed by atoms with Gasteiger partial charge in [-0.3, -0.25) is 14.5 Å². The number of carboxylic acids is 1. The molecule has 2 aromatic rings. The molecule has 1 saturated heterocycles. The molecule has 0 bridgehead atoms. The number of phenols is 2. The predicted octanol–water partition coefficient (Wildman–Crippen LogP) is 1.16. The molecule has 0 saturated carbocycles. The van der Waals surface area contributed by atoms with Crippen LogP contribution in [0.4, 0.5) is 5.13 Å². The number of nitrogens with two attached hydrogens (primary N) is 1. The van der Waals surface area contributed by atoms with E-state index in [1.54, 1.807) is 19.2 Å². The largest absolute Gasteiger partial charge is 0.504 e. The number of benzene rings is 1. The number of anilines is 1. The molecule has 3 aliphatic rings. The number of nitrogens with zero attached hydrogens (tertiary/aromatic N) is 4. The van der Waals surface area contributed by atoms with E-state index in [4.69, 9.17) is 10.6 Å². The zero-order chi connectivity index (χ0) is 28.9. The van der Waals surface area contributed by atoms with Crippen LogP contribution < -0.4 is 11.1 Å². The zero-order valence-electron chi connectivity index (χ0n) is 21.9. The molecule has 2 atom stereocenters. The molecule has 13 nitrogen and oxygen atoms in total. The molecule has 1 unspecified atom stereocenters. The van der Waals surface area contributed by atoms with Gasteiger partial charge in [0.15, 0.2) is 22.3 Å². The van der Waals surface area contributed by atoms with E-state index < -0.39 is 29.2 Å². The van der Waals surface area contributed by atoms with Gasteiger partial charge in [0.25, 0.3) is 11.8 Å². The predicted molar refractivity (Wildman–Crippen MR) is 147 cm³/mol. The third-order valence-corrected chi connectivity index (χ3v) is 8.86. The van der Waals surface area contributed by atoms with Gasteiger partial charge >= 0.3 is 5.97 Å². The molecule has 15 heteroatoms. The van der Waals surface area contributed by atoms with Crippen LogP contribution in [-0.4, -0.2) is 90.0 Å². The smallest absolute Gasteiger partial charge is 0.352 e. The van der Waals surface area contributed by atoms with Crippen LogP contribution in [0.15, 0.2) is 33.9 Å². The summed E-state index contributed by atoms with van der Waals surface area (Å²) in [7, 11) is 1.96. The van der Waals surface area contributed by atoms with Crippen molar-refractivity contribution < 1.29 is 39.0 Å². The summed E-state index contributed by atoms with van der Waals surface area (Å²) in [6.07, 6.45) is -0.306. The number of carboxylic acid groups (broad SMARTS) is 1. The Morgan fingerprint density at radius 1 is 1.27 bits per heavy atom. The molecule has 0 spiro atoms. The molecule has 1 aromatic carbocycles. The summed E-state index contributed by atoms with van der Waals surface area (Å²) < 4.78 is 0.421. The average Bonchev–Trinajstić information content (AvgIpc) is 3.44. The number of aliphatic carboxylic acids is 1. The fourth-order valence-electron chi connectivity index (χ4n) is 5.18. The minimum atomic E-state index is -1.22. The summed E-state index contributed by atoms with van der Waals surface area (Å²) in [5.74, 6) is -2.49. The molecule has 1 aromatic heterocycles. The number of thiazole rings is 1. The monoisotopic (exact) mass is 589 g/mol. The second-order valence-corrected chi connectivity index (χ2v) is 12.5. The standard InChI is InChI=1S/C25H28N6O7S2/c1-11(2)38-29-18(15-10-40-25(26)27-15)21(34)28-19-22(35)30-20(24(36)37)14(9-39-23(19)30)8-31(3)6-12-4-16(32)17(33)5-13(12)7-31/h4-5,10-11,19,23H,6-9H2,1-3H3,(H5-,26,27,28,29,32,33,34,36,37)/p+1/t19?,23-/m1/s1. The zero-order valence-corrected chi connectivity index (χ0v) is 23.6. The van der Waals surface area contributed by atoms with Gasteiger partial charge in [-0.25, -0.2) is 9.78 Å². The Morgan fingerprint density at radius 2 is 1.93 bits per heavy atom. The molecule has 4 heterocycles. The lowest BCUT2D eigenvalue weighted by Gasteiger charge is -2.49. The number of aromatic hydroxyl groups is 2. The number of quaternary nitrogens is 1. The van der Waals surface area contributed by atoms with Crippen LogP contribution >= 0.6 is 23.1 Å². The van der Waals surface area contributed by atoms with Crippen LogP contribution in [0.25, 0.3) is 0 Å². The first kappa shape index (κ1) is 27.7. The number of nitrogen functional groups attached to an aromatic ring is 1. The van der Waals surface area contributed by atoms with E-state index in [1.807, 2.05) is 7.05 Å². The van der Waals surface area contributed by atoms with Crippen molar-refractivity contribution in [1.82, 2.24) is 15.2 Å². The maximum atomic E-state index is 13.2. The lowest BCUT2D eigenvalue weighted by molar-refractivity contribution is -0.924. The van der Waals surface area contributed by atoms with Crippen molar-refractivity contribution in [3.05, 3.63) is 45.6 Å². The molecule has 212 valence electrons. The summed E-state index contributed by atoms with van der Waals surface area (Å²) in [5, 5.41) is 37.7. The number of hydrogen-bond acceptors (Lipinski definition) is 11. The normalized spacial score (nSPS) is 21.6. The molecule has 2 amide bonds. The minimum Gasteiger partial charge on any atom is -0.504 e. The minimum absolute atomic E-state index is 0.0791. The summed E-state index contributed by atoms with van der Waals surface area (Å²) in [5.41, 5.74) is 8.06. The number of β-lactam (4-membered cyclic amide) rings is 1. The number of hydrogen-bond donors (Lipinski definition) is 5. The molecular formula is C25H29N6O7S2+. The average molecular weight is 590 g/mol. The van der Waals surface area contributed by atoms with Crippen LogP contribution in [0, 0.1) is 0 Å². The Balaban J connectivity index is 1.34. The second kappa shape index (κ2) is 10.3. The van der Waals surface area contributed by atoms with Gasteiger partial charge in [0.05, 0.1) is 7.05 Å². The summed E-state index contributed by atoms with van der Waals surface area (Å²) in [4.78, 5) is 49.3. The third-order valence-electron chi connectivity index (χ3n) is 6.84. The molecule has 0 aliphatic carbocycles. The van der Waals surface area contributed by atoms with Crippen molar-refractivity contribution in [1.29, 1.82) is 0 Å². The summed E-state index contributed by atoms with van der Waals surface area (Å²) >= 11 is 2.50. The van der Waals surface area contributed by atoms with Gasteiger partial charge in [-0.1, -0.05) is 5.16 Å². The highest BCUT2D eigenvalue weighted by Crippen LogP contribution is 2.43. The van der Waals surface area contributed by atoms with Crippen LogP contribution in [0.2, 0.25) is 0 Å². The quantitative estimate of drug-likeness (QED) is 0.0983. The van der Waals surface area contributed by atoms with E-state index in [0.717, 1.165) is 22.5 Å². The lowest BCUT2D eigenvalue weighted by Crippen LogP contribution is -2.71. The van der Waals surface area contributed by atoms with Gasteiger partial charge in [0, 0.05) is 27.8 Å². The van der Waals surface area contributed by atoms with Crippen molar-refractivity contribution in [2.75, 3.05) is 25.1 Å². The summed E-state index contributed by atoms with van der Waals surface area (Å²) in [6, 6.07) is 2.10. The number of thioether (sulfide) groups is 1. The van der Waals surface area contributed by atoms with Gasteiger partial charge in [-0.2, -0.15) is 0 Å². The van der Waals surface area contributed by atoms with Gasteiger partial charge in [0.1, 0.15) is 48.5 Å². The van der Waals surface area contributed by atoms with Crippen LogP contribution in [0.3, 0.4) is 0 Å². The molecule has 5 rings (SSSR count). The Hall–Kier alpha value is -3.82. The van der Waals surface area contributed by atoms with E-state index in [1.165, 1.54) is 28.8 Å². The number of rotatable bonds is 8. The Bertz CT molecular complexity index is 1440. The van der Waals surface area contributed by atoms with Gasteiger partial charge < -0.3 is 35.7 Å². The number of carbonyl (C=O) groups is 3. The maximum absolute atomic E-state index is 13.2. The van der Waals surface area contributed by atoms with E-state index >= 15 is 0 Å². The van der Waals surface area contributed by atoms with Crippen molar-refractivity contribution in [3.63, 3.8) is 0 Å². The van der Waals surface area contributed by atoms with Gasteiger partial charge in [0.2, 0.25) is 0 Å². The molecule has 1 fully saturated rings. The number of fused-ring (bicyclic) bond motifs is 2. The van der Waals surface area contributed by atoms with E-state index in [2.05, 4.69) is 15.5 Å². The fourth-order valence-corrected chi connectivity index (χ4v) is 7.07. The SMILES string of the molecule is CC(C)O/N=C(\C(=O)NC1C(=O)N2C(C(=O)O)=C(C[N+]3(C)Cc4cc(O)c(O)cc4C3)CS[C@H]12)c1csc(N)n1. The van der Waals surface area contributed by atoms with Crippen molar-refractivity contribution in [2.24, 2.45) is 5.16 Å². The maximum Gasteiger partial charge on any atom is 0.352 e. The highest BCUT2D eigenvalue weighted by atomic mass is 32.2. The second-order valence-electron chi connectivity index (χ2n) is 10.5. The van der Waals surface area contributed by atoms with Gasteiger partial charge in [-0.15, -0.1) is 23.1 Å².